The summed E-state index contributed by atoms with van der Waals surface area (Å²) in [5, 5.41) is 15.5. The van der Waals surface area contributed by atoms with E-state index in [1.165, 1.54) is 31.2 Å². The third-order valence-electron chi connectivity index (χ3n) is 4.30. The van der Waals surface area contributed by atoms with Crippen molar-refractivity contribution in [2.75, 3.05) is 11.9 Å². The predicted molar refractivity (Wildman–Crippen MR) is 111 cm³/mol. The number of hydrogen-bond donors (Lipinski definition) is 2. The van der Waals surface area contributed by atoms with Crippen LogP contribution in [0.1, 0.15) is 16.6 Å². The Morgan fingerprint density at radius 1 is 1.12 bits per heavy atom. The van der Waals surface area contributed by atoms with Gasteiger partial charge in [0.1, 0.15) is 4.88 Å². The Hall–Kier alpha value is -4.00. The molecule has 1 atom stereocenters. The SMILES string of the molecule is CC(OC(=O)c1cc2cc([N+](=O)[O-])ccc2s1)C(=O)NCC(=O)Nc1ccc(F)c(F)c1F. The van der Waals surface area contributed by atoms with E-state index < -0.39 is 58.5 Å². The number of esters is 1. The Morgan fingerprint density at radius 3 is 2.55 bits per heavy atom. The Bertz CT molecular complexity index is 1280. The number of anilines is 1. The maximum atomic E-state index is 13.6. The Morgan fingerprint density at radius 2 is 1.85 bits per heavy atom. The van der Waals surface area contributed by atoms with E-state index in [1.807, 2.05) is 5.32 Å². The summed E-state index contributed by atoms with van der Waals surface area (Å²) in [5.74, 6) is -7.40. The summed E-state index contributed by atoms with van der Waals surface area (Å²) in [4.78, 5) is 46.6. The third kappa shape index (κ3) is 5.44. The second-order valence-corrected chi connectivity index (χ2v) is 7.71. The van der Waals surface area contributed by atoms with Crippen LogP contribution >= 0.6 is 11.3 Å². The average Bonchev–Trinajstić information content (AvgIpc) is 3.21. The van der Waals surface area contributed by atoms with Gasteiger partial charge in [0.15, 0.2) is 23.6 Å². The minimum Gasteiger partial charge on any atom is -0.448 e. The number of fused-ring (bicyclic) bond motifs is 1. The van der Waals surface area contributed by atoms with E-state index in [2.05, 4.69) is 5.32 Å². The van der Waals surface area contributed by atoms with E-state index in [9.17, 15) is 37.7 Å². The van der Waals surface area contributed by atoms with Crippen LogP contribution in [0.4, 0.5) is 24.5 Å². The zero-order valence-electron chi connectivity index (χ0n) is 16.7. The van der Waals surface area contributed by atoms with Crippen LogP contribution in [-0.2, 0) is 14.3 Å². The first-order valence-electron chi connectivity index (χ1n) is 9.17. The number of amides is 2. The maximum Gasteiger partial charge on any atom is 0.349 e. The highest BCUT2D eigenvalue weighted by atomic mass is 32.1. The number of non-ortho nitro benzene ring substituents is 1. The molecule has 1 unspecified atom stereocenters. The quantitative estimate of drug-likeness (QED) is 0.230. The van der Waals surface area contributed by atoms with E-state index in [0.29, 0.717) is 16.2 Å². The summed E-state index contributed by atoms with van der Waals surface area (Å²) in [6.45, 7) is 0.587. The molecule has 0 saturated carbocycles. The minimum absolute atomic E-state index is 0.108. The van der Waals surface area contributed by atoms with Crippen molar-refractivity contribution in [3.63, 3.8) is 0 Å². The van der Waals surface area contributed by atoms with Crippen molar-refractivity contribution in [2.45, 2.75) is 13.0 Å². The summed E-state index contributed by atoms with van der Waals surface area (Å²) in [6, 6.07) is 6.91. The fourth-order valence-corrected chi connectivity index (χ4v) is 3.57. The van der Waals surface area contributed by atoms with Crippen LogP contribution in [-0.4, -0.2) is 35.4 Å². The van der Waals surface area contributed by atoms with Gasteiger partial charge in [-0.3, -0.25) is 19.7 Å². The minimum atomic E-state index is -1.76. The molecule has 9 nitrogen and oxygen atoms in total. The predicted octanol–water partition coefficient (Wildman–Crippen LogP) is 3.53. The number of thiophene rings is 1. The number of carbonyl (C=O) groups excluding carboxylic acids is 3. The monoisotopic (exact) mass is 481 g/mol. The molecule has 0 aliphatic carbocycles. The molecule has 0 fully saturated rings. The van der Waals surface area contributed by atoms with E-state index in [1.54, 1.807) is 0 Å². The second-order valence-electron chi connectivity index (χ2n) is 6.63. The first kappa shape index (κ1) is 23.7. The summed E-state index contributed by atoms with van der Waals surface area (Å²) >= 11 is 1.02. The maximum absolute atomic E-state index is 13.6. The lowest BCUT2D eigenvalue weighted by Gasteiger charge is -2.13. The van der Waals surface area contributed by atoms with Gasteiger partial charge in [-0.25, -0.2) is 18.0 Å². The highest BCUT2D eigenvalue weighted by molar-refractivity contribution is 7.20. The fraction of sp³-hybridized carbons (Fsp3) is 0.150. The number of carbonyl (C=O) groups is 3. The number of nitrogens with one attached hydrogen (secondary N) is 2. The molecular formula is C20H14F3N3O6S. The molecule has 0 spiro atoms. The molecule has 2 aromatic carbocycles. The molecule has 0 aliphatic rings. The molecule has 2 amide bonds. The van der Waals surface area contributed by atoms with Crippen molar-refractivity contribution >= 4 is 50.6 Å². The normalized spacial score (nSPS) is 11.6. The van der Waals surface area contributed by atoms with E-state index >= 15 is 0 Å². The van der Waals surface area contributed by atoms with Crippen LogP contribution in [0.15, 0.2) is 36.4 Å². The fourth-order valence-electron chi connectivity index (χ4n) is 2.65. The molecule has 172 valence electrons. The molecule has 33 heavy (non-hydrogen) atoms. The summed E-state index contributed by atoms with van der Waals surface area (Å²) in [7, 11) is 0. The highest BCUT2D eigenvalue weighted by Crippen LogP contribution is 2.29. The lowest BCUT2D eigenvalue weighted by atomic mass is 10.2. The van der Waals surface area contributed by atoms with Gasteiger partial charge < -0.3 is 15.4 Å². The van der Waals surface area contributed by atoms with Crippen LogP contribution in [0.3, 0.4) is 0 Å². The first-order valence-corrected chi connectivity index (χ1v) is 9.98. The summed E-state index contributed by atoms with van der Waals surface area (Å²) in [6.07, 6.45) is -1.31. The van der Waals surface area contributed by atoms with Crippen LogP contribution in [0.25, 0.3) is 10.1 Å². The van der Waals surface area contributed by atoms with Crippen molar-refractivity contribution < 1.29 is 37.2 Å². The van der Waals surface area contributed by atoms with Gasteiger partial charge in [0.25, 0.3) is 11.6 Å². The average molecular weight is 481 g/mol. The van der Waals surface area contributed by atoms with Crippen LogP contribution in [0.5, 0.6) is 0 Å². The number of ether oxygens (including phenoxy) is 1. The molecular weight excluding hydrogens is 467 g/mol. The van der Waals surface area contributed by atoms with Gasteiger partial charge in [0.2, 0.25) is 5.91 Å². The lowest BCUT2D eigenvalue weighted by molar-refractivity contribution is -0.384. The molecule has 1 heterocycles. The molecule has 1 aromatic heterocycles. The Labute approximate surface area is 187 Å². The van der Waals surface area contributed by atoms with Gasteiger partial charge in [-0.2, -0.15) is 0 Å². The molecule has 0 saturated heterocycles. The van der Waals surface area contributed by atoms with Crippen molar-refractivity contribution in [3.05, 3.63) is 68.8 Å². The van der Waals surface area contributed by atoms with Gasteiger partial charge in [-0.05, 0) is 31.2 Å². The Kier molecular flexibility index (Phi) is 6.92. The summed E-state index contributed by atoms with van der Waals surface area (Å²) in [5.41, 5.74) is -0.757. The number of nitro groups is 1. The van der Waals surface area contributed by atoms with Crippen LogP contribution in [0.2, 0.25) is 0 Å². The summed E-state index contributed by atoms with van der Waals surface area (Å²) < 4.78 is 45.4. The second kappa shape index (κ2) is 9.65. The number of rotatable bonds is 7. The van der Waals surface area contributed by atoms with Crippen molar-refractivity contribution in [1.82, 2.24) is 5.32 Å². The van der Waals surface area contributed by atoms with Crippen molar-refractivity contribution in [2.24, 2.45) is 0 Å². The molecule has 0 bridgehead atoms. The Balaban J connectivity index is 1.55. The van der Waals surface area contributed by atoms with Crippen molar-refractivity contribution in [3.8, 4) is 0 Å². The number of nitrogens with zero attached hydrogens (tertiary/aromatic N) is 1. The number of hydrogen-bond acceptors (Lipinski definition) is 7. The number of benzene rings is 2. The largest absolute Gasteiger partial charge is 0.448 e. The molecule has 13 heteroatoms. The number of halogens is 3. The molecule has 0 aliphatic heterocycles. The van der Waals surface area contributed by atoms with Gasteiger partial charge in [-0.1, -0.05) is 0 Å². The zero-order chi connectivity index (χ0) is 24.3. The molecule has 2 N–H and O–H groups in total. The van der Waals surface area contributed by atoms with Gasteiger partial charge in [-0.15, -0.1) is 11.3 Å². The van der Waals surface area contributed by atoms with Crippen molar-refractivity contribution in [1.29, 1.82) is 0 Å². The molecule has 0 radical (unpaired) electrons. The first-order chi connectivity index (χ1) is 15.6. The van der Waals surface area contributed by atoms with Gasteiger partial charge in [0, 0.05) is 22.2 Å². The van der Waals surface area contributed by atoms with Gasteiger partial charge in [0.05, 0.1) is 17.2 Å². The molecule has 3 aromatic rings. The van der Waals surface area contributed by atoms with Crippen LogP contribution < -0.4 is 10.6 Å². The topological polar surface area (TPSA) is 128 Å². The van der Waals surface area contributed by atoms with Crippen LogP contribution in [0, 0.1) is 27.6 Å². The molecule has 3 rings (SSSR count). The van der Waals surface area contributed by atoms with E-state index in [4.69, 9.17) is 4.74 Å². The third-order valence-corrected chi connectivity index (χ3v) is 5.39. The smallest absolute Gasteiger partial charge is 0.349 e. The highest BCUT2D eigenvalue weighted by Gasteiger charge is 2.22. The standard InChI is InChI=1S/C20H14F3N3O6S/c1-9(19(28)24-8-16(27)25-13-4-3-12(21)17(22)18(13)23)32-20(29)15-7-10-6-11(26(30)31)2-5-14(10)33-15/h2-7,9H,8H2,1H3,(H,24,28)(H,25,27). The zero-order valence-corrected chi connectivity index (χ0v) is 17.5. The lowest BCUT2D eigenvalue weighted by Crippen LogP contribution is -2.40. The van der Waals surface area contributed by atoms with E-state index in [-0.39, 0.29) is 10.6 Å². The van der Waals surface area contributed by atoms with Gasteiger partial charge >= 0.3 is 5.97 Å². The number of nitro benzene ring substituents is 1. The van der Waals surface area contributed by atoms with E-state index in [0.717, 1.165) is 17.4 Å².